The molecule has 0 aliphatic carbocycles. The van der Waals surface area contributed by atoms with E-state index in [0.717, 1.165) is 5.56 Å². The SMILES string of the molecule is CC(=O)C(N)CC(=O)c1ccc(Cl)cc1C. The van der Waals surface area contributed by atoms with Crippen molar-refractivity contribution < 1.29 is 9.59 Å². The van der Waals surface area contributed by atoms with Gasteiger partial charge in [-0.25, -0.2) is 0 Å². The Morgan fingerprint density at radius 1 is 1.44 bits per heavy atom. The molecule has 1 aromatic carbocycles. The largest absolute Gasteiger partial charge is 0.321 e. The lowest BCUT2D eigenvalue weighted by molar-refractivity contribution is -0.118. The van der Waals surface area contributed by atoms with Crippen molar-refractivity contribution in [2.45, 2.75) is 26.3 Å². The van der Waals surface area contributed by atoms with Gasteiger partial charge in [-0.3, -0.25) is 9.59 Å². The number of rotatable bonds is 4. The molecule has 0 bridgehead atoms. The van der Waals surface area contributed by atoms with Gasteiger partial charge in [0.05, 0.1) is 6.04 Å². The van der Waals surface area contributed by atoms with Gasteiger partial charge in [0.2, 0.25) is 0 Å². The molecule has 0 aliphatic rings. The summed E-state index contributed by atoms with van der Waals surface area (Å²) in [5, 5.41) is 0.588. The predicted molar refractivity (Wildman–Crippen MR) is 63.8 cm³/mol. The highest BCUT2D eigenvalue weighted by atomic mass is 35.5. The summed E-state index contributed by atoms with van der Waals surface area (Å²) in [5.41, 5.74) is 6.91. The third-order valence-electron chi connectivity index (χ3n) is 2.42. The first-order chi connectivity index (χ1) is 7.41. The van der Waals surface area contributed by atoms with Crippen LogP contribution in [0.25, 0.3) is 0 Å². The monoisotopic (exact) mass is 239 g/mol. The van der Waals surface area contributed by atoms with E-state index >= 15 is 0 Å². The molecule has 16 heavy (non-hydrogen) atoms. The van der Waals surface area contributed by atoms with Crippen molar-refractivity contribution in [2.75, 3.05) is 0 Å². The molecular weight excluding hydrogens is 226 g/mol. The first-order valence-corrected chi connectivity index (χ1v) is 5.35. The molecule has 2 N–H and O–H groups in total. The minimum atomic E-state index is -0.720. The Kier molecular flexibility index (Phi) is 4.21. The Morgan fingerprint density at radius 3 is 2.56 bits per heavy atom. The maximum Gasteiger partial charge on any atom is 0.165 e. The molecule has 0 fully saturated rings. The second kappa shape index (κ2) is 5.23. The molecule has 0 aromatic heterocycles. The van der Waals surface area contributed by atoms with Crippen molar-refractivity contribution in [3.05, 3.63) is 34.3 Å². The fraction of sp³-hybridized carbons (Fsp3) is 0.333. The third kappa shape index (κ3) is 3.15. The summed E-state index contributed by atoms with van der Waals surface area (Å²) in [6.07, 6.45) is 0.0395. The molecule has 0 saturated heterocycles. The van der Waals surface area contributed by atoms with Crippen LogP contribution in [0, 0.1) is 6.92 Å². The summed E-state index contributed by atoms with van der Waals surface area (Å²) in [5.74, 6) is -0.308. The lowest BCUT2D eigenvalue weighted by Crippen LogP contribution is -2.31. The van der Waals surface area contributed by atoms with Gasteiger partial charge in [0, 0.05) is 17.0 Å². The number of aryl methyl sites for hydroxylation is 1. The van der Waals surface area contributed by atoms with Crippen molar-refractivity contribution in [3.63, 3.8) is 0 Å². The third-order valence-corrected chi connectivity index (χ3v) is 2.65. The number of hydrogen-bond donors (Lipinski definition) is 1. The number of benzene rings is 1. The smallest absolute Gasteiger partial charge is 0.165 e. The summed E-state index contributed by atoms with van der Waals surface area (Å²) in [6, 6.07) is 4.31. The van der Waals surface area contributed by atoms with E-state index in [1.807, 2.05) is 0 Å². The van der Waals surface area contributed by atoms with Crippen LogP contribution < -0.4 is 5.73 Å². The Hall–Kier alpha value is -1.19. The van der Waals surface area contributed by atoms with Gasteiger partial charge in [0.25, 0.3) is 0 Å². The van der Waals surface area contributed by atoms with E-state index in [2.05, 4.69) is 0 Å². The molecule has 0 radical (unpaired) electrons. The van der Waals surface area contributed by atoms with Gasteiger partial charge in [-0.15, -0.1) is 0 Å². The van der Waals surface area contributed by atoms with Crippen LogP contribution in [0.4, 0.5) is 0 Å². The van der Waals surface area contributed by atoms with Gasteiger partial charge in [-0.05, 0) is 37.6 Å². The number of halogens is 1. The summed E-state index contributed by atoms with van der Waals surface area (Å²) in [7, 11) is 0. The van der Waals surface area contributed by atoms with Gasteiger partial charge in [-0.2, -0.15) is 0 Å². The molecule has 0 aliphatic heterocycles. The molecule has 1 rings (SSSR count). The second-order valence-electron chi connectivity index (χ2n) is 3.80. The molecule has 1 atom stereocenters. The Labute approximate surface area is 99.6 Å². The molecular formula is C12H14ClNO2. The van der Waals surface area contributed by atoms with E-state index in [-0.39, 0.29) is 18.0 Å². The average molecular weight is 240 g/mol. The van der Waals surface area contributed by atoms with Gasteiger partial charge in [-0.1, -0.05) is 11.6 Å². The highest BCUT2D eigenvalue weighted by Crippen LogP contribution is 2.17. The zero-order valence-electron chi connectivity index (χ0n) is 9.29. The molecule has 0 saturated carbocycles. The van der Waals surface area contributed by atoms with E-state index in [0.29, 0.717) is 10.6 Å². The Balaban J connectivity index is 2.85. The topological polar surface area (TPSA) is 60.2 Å². The molecule has 0 spiro atoms. The van der Waals surface area contributed by atoms with Gasteiger partial charge in [0.1, 0.15) is 5.78 Å². The van der Waals surface area contributed by atoms with Crippen LogP contribution in [0.2, 0.25) is 5.02 Å². The number of carbonyl (C=O) groups excluding carboxylic acids is 2. The molecule has 0 amide bonds. The van der Waals surface area contributed by atoms with Crippen LogP contribution in [0.3, 0.4) is 0 Å². The lowest BCUT2D eigenvalue weighted by atomic mass is 9.98. The van der Waals surface area contributed by atoms with E-state index in [1.165, 1.54) is 6.92 Å². The molecule has 3 nitrogen and oxygen atoms in total. The Morgan fingerprint density at radius 2 is 2.06 bits per heavy atom. The van der Waals surface area contributed by atoms with Gasteiger partial charge < -0.3 is 5.73 Å². The maximum absolute atomic E-state index is 11.8. The van der Waals surface area contributed by atoms with E-state index < -0.39 is 6.04 Å². The van der Waals surface area contributed by atoms with Crippen LogP contribution in [-0.4, -0.2) is 17.6 Å². The van der Waals surface area contributed by atoms with E-state index in [4.69, 9.17) is 17.3 Å². The minimum Gasteiger partial charge on any atom is -0.321 e. The number of carbonyl (C=O) groups is 2. The average Bonchev–Trinajstić information content (AvgIpc) is 2.16. The highest BCUT2D eigenvalue weighted by molar-refractivity contribution is 6.30. The summed E-state index contributed by atoms with van der Waals surface area (Å²) >= 11 is 5.79. The zero-order valence-corrected chi connectivity index (χ0v) is 10.0. The molecule has 1 unspecified atom stereocenters. The number of hydrogen-bond acceptors (Lipinski definition) is 3. The van der Waals surface area contributed by atoms with Crippen molar-refractivity contribution in [1.82, 2.24) is 0 Å². The molecule has 0 heterocycles. The lowest BCUT2D eigenvalue weighted by Gasteiger charge is -2.08. The first-order valence-electron chi connectivity index (χ1n) is 4.97. The van der Waals surface area contributed by atoms with Crippen molar-refractivity contribution in [2.24, 2.45) is 5.73 Å². The van der Waals surface area contributed by atoms with E-state index in [1.54, 1.807) is 25.1 Å². The van der Waals surface area contributed by atoms with Crippen LogP contribution >= 0.6 is 11.6 Å². The standard InChI is InChI=1S/C12H14ClNO2/c1-7-5-9(13)3-4-10(7)12(16)6-11(14)8(2)15/h3-5,11H,6,14H2,1-2H3. The summed E-state index contributed by atoms with van der Waals surface area (Å²) in [4.78, 5) is 22.8. The fourth-order valence-electron chi connectivity index (χ4n) is 1.39. The maximum atomic E-state index is 11.8. The second-order valence-corrected chi connectivity index (χ2v) is 4.24. The first kappa shape index (κ1) is 12.9. The van der Waals surface area contributed by atoms with Crippen LogP contribution in [0.5, 0.6) is 0 Å². The molecule has 86 valence electrons. The number of nitrogens with two attached hydrogens (primary N) is 1. The Bertz CT molecular complexity index is 429. The fourth-order valence-corrected chi connectivity index (χ4v) is 1.62. The minimum absolute atomic E-state index is 0.0395. The quantitative estimate of drug-likeness (QED) is 0.819. The number of ketones is 2. The van der Waals surface area contributed by atoms with Crippen molar-refractivity contribution >= 4 is 23.2 Å². The van der Waals surface area contributed by atoms with Crippen molar-refractivity contribution in [1.29, 1.82) is 0 Å². The van der Waals surface area contributed by atoms with Crippen molar-refractivity contribution in [3.8, 4) is 0 Å². The molecule has 4 heteroatoms. The van der Waals surface area contributed by atoms with Gasteiger partial charge >= 0.3 is 0 Å². The molecule has 1 aromatic rings. The van der Waals surface area contributed by atoms with Gasteiger partial charge in [0.15, 0.2) is 5.78 Å². The highest BCUT2D eigenvalue weighted by Gasteiger charge is 2.16. The predicted octanol–water partition coefficient (Wildman–Crippen LogP) is 2.14. The van der Waals surface area contributed by atoms with Crippen LogP contribution in [0.15, 0.2) is 18.2 Å². The van der Waals surface area contributed by atoms with E-state index in [9.17, 15) is 9.59 Å². The normalized spacial score (nSPS) is 12.2. The van der Waals surface area contributed by atoms with Crippen LogP contribution in [-0.2, 0) is 4.79 Å². The number of Topliss-reactive ketones (excluding diaryl/α,β-unsaturated/α-hetero) is 2. The summed E-state index contributed by atoms with van der Waals surface area (Å²) < 4.78 is 0. The zero-order chi connectivity index (χ0) is 12.3. The van der Waals surface area contributed by atoms with Crippen LogP contribution in [0.1, 0.15) is 29.3 Å². The summed E-state index contributed by atoms with van der Waals surface area (Å²) in [6.45, 7) is 3.19.